The van der Waals surface area contributed by atoms with E-state index in [2.05, 4.69) is 15.1 Å². The molecule has 0 saturated carbocycles. The summed E-state index contributed by atoms with van der Waals surface area (Å²) in [6.45, 7) is 6.50. The van der Waals surface area contributed by atoms with Crippen LogP contribution in [0.3, 0.4) is 0 Å². The minimum atomic E-state index is -3.51. The van der Waals surface area contributed by atoms with Crippen molar-refractivity contribution < 1.29 is 13.2 Å². The number of nitrogens with zero attached hydrogens (tertiary/aromatic N) is 3. The Kier molecular flexibility index (Phi) is 6.08. The summed E-state index contributed by atoms with van der Waals surface area (Å²) in [7, 11) is -3.51. The Labute approximate surface area is 160 Å². The SMILES string of the molecule is Cc1n[nH]c(C)c1S(=O)(=O)N1CCN(CCCC(=O)c2ccccc2)CC1. The van der Waals surface area contributed by atoms with Gasteiger partial charge in [0.1, 0.15) is 4.90 Å². The number of Topliss-reactive ketones (excluding diaryl/α,β-unsaturated/α-hetero) is 1. The summed E-state index contributed by atoms with van der Waals surface area (Å²) in [5, 5.41) is 6.75. The minimum Gasteiger partial charge on any atom is -0.301 e. The van der Waals surface area contributed by atoms with E-state index in [9.17, 15) is 13.2 Å². The van der Waals surface area contributed by atoms with E-state index in [1.165, 1.54) is 4.31 Å². The van der Waals surface area contributed by atoms with Crippen LogP contribution in [0.15, 0.2) is 35.2 Å². The molecule has 0 radical (unpaired) electrons. The van der Waals surface area contributed by atoms with Gasteiger partial charge in [-0.1, -0.05) is 30.3 Å². The number of hydrogen-bond acceptors (Lipinski definition) is 5. The lowest BCUT2D eigenvalue weighted by molar-refractivity contribution is 0.0971. The van der Waals surface area contributed by atoms with E-state index in [1.54, 1.807) is 13.8 Å². The molecule has 1 aliphatic heterocycles. The van der Waals surface area contributed by atoms with E-state index in [0.29, 0.717) is 48.9 Å². The number of benzene rings is 1. The number of carbonyl (C=O) groups excluding carboxylic acids is 1. The number of aromatic amines is 1. The average molecular weight is 391 g/mol. The Balaban J connectivity index is 1.49. The molecule has 8 heteroatoms. The van der Waals surface area contributed by atoms with Gasteiger partial charge in [-0.15, -0.1) is 0 Å². The summed E-state index contributed by atoms with van der Waals surface area (Å²) in [6.07, 6.45) is 1.29. The second kappa shape index (κ2) is 8.33. The molecule has 1 aromatic heterocycles. The molecule has 0 bridgehead atoms. The molecule has 27 heavy (non-hydrogen) atoms. The number of nitrogens with one attached hydrogen (secondary N) is 1. The Morgan fingerprint density at radius 3 is 2.37 bits per heavy atom. The molecule has 1 saturated heterocycles. The fraction of sp³-hybridized carbons (Fsp3) is 0.474. The van der Waals surface area contributed by atoms with Crippen molar-refractivity contribution in [1.29, 1.82) is 0 Å². The zero-order valence-electron chi connectivity index (χ0n) is 15.8. The van der Waals surface area contributed by atoms with Gasteiger partial charge in [-0.3, -0.25) is 9.89 Å². The van der Waals surface area contributed by atoms with Gasteiger partial charge in [-0.2, -0.15) is 9.40 Å². The van der Waals surface area contributed by atoms with Crippen LogP contribution in [-0.4, -0.2) is 66.3 Å². The molecular weight excluding hydrogens is 364 g/mol. The van der Waals surface area contributed by atoms with Crippen molar-refractivity contribution in [2.24, 2.45) is 0 Å². The first-order valence-corrected chi connectivity index (χ1v) is 10.7. The van der Waals surface area contributed by atoms with Crippen molar-refractivity contribution >= 4 is 15.8 Å². The van der Waals surface area contributed by atoms with E-state index >= 15 is 0 Å². The minimum absolute atomic E-state index is 0.155. The van der Waals surface area contributed by atoms with Crippen LogP contribution < -0.4 is 0 Å². The topological polar surface area (TPSA) is 86.4 Å². The van der Waals surface area contributed by atoms with Crippen LogP contribution in [0.5, 0.6) is 0 Å². The summed E-state index contributed by atoms with van der Waals surface area (Å²) in [4.78, 5) is 14.7. The van der Waals surface area contributed by atoms with Crippen LogP contribution in [0, 0.1) is 13.8 Å². The van der Waals surface area contributed by atoms with Crippen molar-refractivity contribution in [1.82, 2.24) is 19.4 Å². The maximum Gasteiger partial charge on any atom is 0.246 e. The number of aromatic nitrogens is 2. The van der Waals surface area contributed by atoms with E-state index in [4.69, 9.17) is 0 Å². The van der Waals surface area contributed by atoms with Crippen LogP contribution in [0.4, 0.5) is 0 Å². The number of H-pyrrole nitrogens is 1. The average Bonchev–Trinajstić information content (AvgIpc) is 3.02. The molecule has 1 N–H and O–H groups in total. The van der Waals surface area contributed by atoms with Crippen molar-refractivity contribution in [3.8, 4) is 0 Å². The van der Waals surface area contributed by atoms with Gasteiger partial charge in [-0.05, 0) is 26.8 Å². The monoisotopic (exact) mass is 390 g/mol. The number of aryl methyl sites for hydroxylation is 2. The molecular formula is C19H26N4O3S. The summed E-state index contributed by atoms with van der Waals surface area (Å²) in [5.41, 5.74) is 1.84. The third kappa shape index (κ3) is 4.45. The number of piperazine rings is 1. The predicted molar refractivity (Wildman–Crippen MR) is 103 cm³/mol. The molecule has 1 aromatic carbocycles. The van der Waals surface area contributed by atoms with Gasteiger partial charge in [0.15, 0.2) is 5.78 Å². The smallest absolute Gasteiger partial charge is 0.246 e. The molecule has 0 unspecified atom stereocenters. The van der Waals surface area contributed by atoms with E-state index in [1.807, 2.05) is 30.3 Å². The maximum atomic E-state index is 12.9. The number of carbonyl (C=O) groups is 1. The Morgan fingerprint density at radius 2 is 1.78 bits per heavy atom. The Morgan fingerprint density at radius 1 is 1.11 bits per heavy atom. The fourth-order valence-corrected chi connectivity index (χ4v) is 5.23. The predicted octanol–water partition coefficient (Wildman–Crippen LogP) is 2.00. The van der Waals surface area contributed by atoms with Gasteiger partial charge < -0.3 is 4.90 Å². The van der Waals surface area contributed by atoms with Gasteiger partial charge in [-0.25, -0.2) is 8.42 Å². The van der Waals surface area contributed by atoms with E-state index < -0.39 is 10.0 Å². The van der Waals surface area contributed by atoms with Gasteiger partial charge >= 0.3 is 0 Å². The van der Waals surface area contributed by atoms with Crippen molar-refractivity contribution in [2.75, 3.05) is 32.7 Å². The first-order valence-electron chi connectivity index (χ1n) is 9.22. The molecule has 2 aromatic rings. The zero-order valence-corrected chi connectivity index (χ0v) is 16.6. The summed E-state index contributed by atoms with van der Waals surface area (Å²) in [6, 6.07) is 9.32. The van der Waals surface area contributed by atoms with Crippen molar-refractivity contribution in [3.05, 3.63) is 47.3 Å². The van der Waals surface area contributed by atoms with Crippen LogP contribution in [-0.2, 0) is 10.0 Å². The van der Waals surface area contributed by atoms with Crippen LogP contribution >= 0.6 is 0 Å². The van der Waals surface area contributed by atoms with Gasteiger partial charge in [0.25, 0.3) is 0 Å². The van der Waals surface area contributed by atoms with E-state index in [0.717, 1.165) is 18.5 Å². The highest BCUT2D eigenvalue weighted by Gasteiger charge is 2.32. The second-order valence-electron chi connectivity index (χ2n) is 6.90. The Hall–Kier alpha value is -2.03. The van der Waals surface area contributed by atoms with Crippen LogP contribution in [0.25, 0.3) is 0 Å². The molecule has 1 aliphatic rings. The third-order valence-corrected chi connectivity index (χ3v) is 7.13. The lowest BCUT2D eigenvalue weighted by Crippen LogP contribution is -2.48. The molecule has 0 atom stereocenters. The molecule has 0 amide bonds. The van der Waals surface area contributed by atoms with Gasteiger partial charge in [0.2, 0.25) is 10.0 Å². The highest BCUT2D eigenvalue weighted by Crippen LogP contribution is 2.22. The normalized spacial score (nSPS) is 16.5. The fourth-order valence-electron chi connectivity index (χ4n) is 3.47. The third-order valence-electron chi connectivity index (χ3n) is 4.96. The van der Waals surface area contributed by atoms with Gasteiger partial charge in [0.05, 0.1) is 11.4 Å². The van der Waals surface area contributed by atoms with E-state index in [-0.39, 0.29) is 5.78 Å². The molecule has 1 fully saturated rings. The molecule has 0 aliphatic carbocycles. The van der Waals surface area contributed by atoms with Crippen molar-refractivity contribution in [2.45, 2.75) is 31.6 Å². The van der Waals surface area contributed by atoms with Crippen molar-refractivity contribution in [3.63, 3.8) is 0 Å². The second-order valence-corrected chi connectivity index (χ2v) is 8.78. The zero-order chi connectivity index (χ0) is 19.4. The van der Waals surface area contributed by atoms with Crippen LogP contribution in [0.2, 0.25) is 0 Å². The first-order chi connectivity index (χ1) is 12.9. The molecule has 146 valence electrons. The molecule has 2 heterocycles. The molecule has 0 spiro atoms. The maximum absolute atomic E-state index is 12.9. The Bertz CT molecular complexity index is 865. The van der Waals surface area contributed by atoms with Crippen LogP contribution in [0.1, 0.15) is 34.6 Å². The summed E-state index contributed by atoms with van der Waals surface area (Å²) in [5.74, 6) is 0.155. The highest BCUT2D eigenvalue weighted by atomic mass is 32.2. The number of hydrogen-bond donors (Lipinski definition) is 1. The molecule has 3 rings (SSSR count). The largest absolute Gasteiger partial charge is 0.301 e. The number of rotatable bonds is 7. The van der Waals surface area contributed by atoms with Gasteiger partial charge in [0, 0.05) is 38.2 Å². The lowest BCUT2D eigenvalue weighted by Gasteiger charge is -2.33. The lowest BCUT2D eigenvalue weighted by atomic mass is 10.1. The summed E-state index contributed by atoms with van der Waals surface area (Å²) >= 11 is 0. The first kappa shape index (κ1) is 19.7. The highest BCUT2D eigenvalue weighted by molar-refractivity contribution is 7.89. The summed E-state index contributed by atoms with van der Waals surface area (Å²) < 4.78 is 27.3. The number of sulfonamides is 1. The molecule has 7 nitrogen and oxygen atoms in total. The standard InChI is InChI=1S/C19H26N4O3S/c1-15-19(16(2)21-20-15)27(25,26)23-13-11-22(12-14-23)10-6-9-18(24)17-7-4-3-5-8-17/h3-5,7-8H,6,9-14H2,1-2H3,(H,20,21). The quantitative estimate of drug-likeness (QED) is 0.731. The number of ketones is 1.